The number of hydrogen-bond acceptors (Lipinski definition) is 3. The molecule has 3 rings (SSSR count). The Labute approximate surface area is 144 Å². The maximum absolute atomic E-state index is 13.8. The monoisotopic (exact) mass is 333 g/mol. The molecule has 0 radical (unpaired) electrons. The van der Waals surface area contributed by atoms with Gasteiger partial charge in [0.15, 0.2) is 0 Å². The Balaban J connectivity index is 1.51. The van der Waals surface area contributed by atoms with E-state index in [1.807, 2.05) is 4.90 Å². The first-order chi connectivity index (χ1) is 11.5. The molecule has 0 spiro atoms. The second kappa shape index (κ2) is 7.62. The summed E-state index contributed by atoms with van der Waals surface area (Å²) in [5.74, 6) is 0.0518. The van der Waals surface area contributed by atoms with E-state index in [1.165, 1.54) is 6.07 Å². The van der Waals surface area contributed by atoms with E-state index in [1.54, 1.807) is 18.2 Å². The minimum absolute atomic E-state index is 0.167. The molecule has 1 atom stereocenters. The number of carbonyl (C=O) groups is 1. The zero-order chi connectivity index (χ0) is 17.1. The predicted molar refractivity (Wildman–Crippen MR) is 93.6 cm³/mol. The van der Waals surface area contributed by atoms with Crippen molar-refractivity contribution in [3.8, 4) is 0 Å². The minimum Gasteiger partial charge on any atom is -0.339 e. The van der Waals surface area contributed by atoms with Crippen LogP contribution >= 0.6 is 0 Å². The molecule has 2 heterocycles. The average molecular weight is 333 g/mol. The number of benzene rings is 1. The molecule has 5 heteroatoms. The highest BCUT2D eigenvalue weighted by Crippen LogP contribution is 2.22. The first-order valence-corrected chi connectivity index (χ1v) is 9.01. The number of nitrogens with zero attached hydrogens (tertiary/aromatic N) is 3. The van der Waals surface area contributed by atoms with Crippen molar-refractivity contribution >= 4 is 5.91 Å². The summed E-state index contributed by atoms with van der Waals surface area (Å²) in [6, 6.07) is 6.87. The first kappa shape index (κ1) is 17.4. The molecule has 4 nitrogen and oxygen atoms in total. The summed E-state index contributed by atoms with van der Waals surface area (Å²) in [6.07, 6.45) is 2.03. The van der Waals surface area contributed by atoms with E-state index in [4.69, 9.17) is 0 Å². The van der Waals surface area contributed by atoms with Crippen LogP contribution in [0.25, 0.3) is 0 Å². The van der Waals surface area contributed by atoms with Gasteiger partial charge in [0.1, 0.15) is 5.82 Å². The minimum atomic E-state index is -0.420. The van der Waals surface area contributed by atoms with Crippen molar-refractivity contribution in [1.82, 2.24) is 14.7 Å². The van der Waals surface area contributed by atoms with Crippen LogP contribution in [0, 0.1) is 11.7 Å². The summed E-state index contributed by atoms with van der Waals surface area (Å²) in [4.78, 5) is 19.3. The summed E-state index contributed by atoms with van der Waals surface area (Å²) < 4.78 is 13.8. The van der Waals surface area contributed by atoms with Crippen LogP contribution < -0.4 is 0 Å². The smallest absolute Gasteiger partial charge is 0.256 e. The van der Waals surface area contributed by atoms with E-state index in [9.17, 15) is 9.18 Å². The Hall–Kier alpha value is -1.46. The lowest BCUT2D eigenvalue weighted by Crippen LogP contribution is -2.52. The van der Waals surface area contributed by atoms with Crippen LogP contribution in [0.3, 0.4) is 0 Å². The van der Waals surface area contributed by atoms with Crippen LogP contribution in [0.2, 0.25) is 0 Å². The lowest BCUT2D eigenvalue weighted by Gasteiger charge is -2.41. The van der Waals surface area contributed by atoms with E-state index < -0.39 is 5.82 Å². The van der Waals surface area contributed by atoms with Gasteiger partial charge < -0.3 is 9.80 Å². The summed E-state index contributed by atoms with van der Waals surface area (Å²) in [5.41, 5.74) is 0.198. The van der Waals surface area contributed by atoms with Crippen molar-refractivity contribution in [3.63, 3.8) is 0 Å². The number of amides is 1. The van der Waals surface area contributed by atoms with Gasteiger partial charge in [-0.05, 0) is 44.9 Å². The lowest BCUT2D eigenvalue weighted by molar-refractivity contribution is 0.0553. The zero-order valence-electron chi connectivity index (χ0n) is 14.7. The Morgan fingerprint density at radius 3 is 2.54 bits per heavy atom. The third-order valence-corrected chi connectivity index (χ3v) is 5.47. The van der Waals surface area contributed by atoms with Crippen molar-refractivity contribution in [2.24, 2.45) is 5.92 Å². The standard InChI is InChI=1S/C19H28FN3O/c1-15-13-21(2)11-12-23(15)14-16-7-9-22(10-8-16)19(24)17-5-3-4-6-18(17)20/h3-6,15-16H,7-14H2,1-2H3/t15-/m0/s1. The fourth-order valence-corrected chi connectivity index (χ4v) is 3.90. The van der Waals surface area contributed by atoms with Crippen LogP contribution in [0.5, 0.6) is 0 Å². The fraction of sp³-hybridized carbons (Fsp3) is 0.632. The molecule has 0 saturated carbocycles. The van der Waals surface area contributed by atoms with Crippen LogP contribution in [-0.4, -0.2) is 73.0 Å². The fourth-order valence-electron chi connectivity index (χ4n) is 3.90. The van der Waals surface area contributed by atoms with Gasteiger partial charge in [-0.25, -0.2) is 4.39 Å². The SMILES string of the molecule is C[C@H]1CN(C)CCN1CC1CCN(C(=O)c2ccccc2F)CC1. The summed E-state index contributed by atoms with van der Waals surface area (Å²) in [5, 5.41) is 0. The van der Waals surface area contributed by atoms with Crippen LogP contribution in [0.4, 0.5) is 4.39 Å². The molecule has 2 aliphatic heterocycles. The molecule has 24 heavy (non-hydrogen) atoms. The number of hydrogen-bond donors (Lipinski definition) is 0. The zero-order valence-corrected chi connectivity index (χ0v) is 14.7. The van der Waals surface area contributed by atoms with Gasteiger partial charge in [0.2, 0.25) is 0 Å². The molecule has 0 unspecified atom stereocenters. The summed E-state index contributed by atoms with van der Waals surface area (Å²) in [6.45, 7) is 8.29. The van der Waals surface area contributed by atoms with Gasteiger partial charge >= 0.3 is 0 Å². The molecule has 1 amide bonds. The van der Waals surface area contributed by atoms with E-state index in [0.717, 1.165) is 52.1 Å². The van der Waals surface area contributed by atoms with E-state index in [-0.39, 0.29) is 11.5 Å². The maximum atomic E-state index is 13.8. The van der Waals surface area contributed by atoms with E-state index in [0.29, 0.717) is 12.0 Å². The Bertz CT molecular complexity index is 571. The van der Waals surface area contributed by atoms with Gasteiger partial charge in [-0.15, -0.1) is 0 Å². The predicted octanol–water partition coefficient (Wildman–Crippen LogP) is 2.31. The molecule has 2 fully saturated rings. The van der Waals surface area contributed by atoms with Crippen LogP contribution in [-0.2, 0) is 0 Å². The van der Waals surface area contributed by atoms with Crippen molar-refractivity contribution in [3.05, 3.63) is 35.6 Å². The summed E-state index contributed by atoms with van der Waals surface area (Å²) >= 11 is 0. The highest BCUT2D eigenvalue weighted by molar-refractivity contribution is 5.94. The largest absolute Gasteiger partial charge is 0.339 e. The second-order valence-electron chi connectivity index (χ2n) is 7.32. The number of likely N-dealkylation sites (N-methyl/N-ethyl adjacent to an activating group) is 1. The van der Waals surface area contributed by atoms with Gasteiger partial charge in [-0.3, -0.25) is 9.69 Å². The first-order valence-electron chi connectivity index (χ1n) is 9.01. The number of carbonyl (C=O) groups excluding carboxylic acids is 1. The highest BCUT2D eigenvalue weighted by Gasteiger charge is 2.28. The number of rotatable bonds is 3. The molecule has 2 aliphatic rings. The highest BCUT2D eigenvalue weighted by atomic mass is 19.1. The molecule has 1 aromatic carbocycles. The number of piperazine rings is 1. The third-order valence-electron chi connectivity index (χ3n) is 5.47. The molecule has 1 aromatic rings. The van der Waals surface area contributed by atoms with Crippen molar-refractivity contribution in [1.29, 1.82) is 0 Å². The van der Waals surface area contributed by atoms with Crippen LogP contribution in [0.1, 0.15) is 30.1 Å². The van der Waals surface area contributed by atoms with E-state index >= 15 is 0 Å². The third kappa shape index (κ3) is 3.95. The Morgan fingerprint density at radius 1 is 1.17 bits per heavy atom. The van der Waals surface area contributed by atoms with Gasteiger partial charge in [0.25, 0.3) is 5.91 Å². The number of piperidine rings is 1. The van der Waals surface area contributed by atoms with Crippen molar-refractivity contribution < 1.29 is 9.18 Å². The molecule has 0 bridgehead atoms. The lowest BCUT2D eigenvalue weighted by atomic mass is 9.94. The molecule has 0 N–H and O–H groups in total. The van der Waals surface area contributed by atoms with Gasteiger partial charge in [0, 0.05) is 45.3 Å². The quantitative estimate of drug-likeness (QED) is 0.849. The maximum Gasteiger partial charge on any atom is 0.256 e. The van der Waals surface area contributed by atoms with Gasteiger partial charge in [-0.1, -0.05) is 12.1 Å². The number of halogens is 1. The molecular weight excluding hydrogens is 305 g/mol. The van der Waals surface area contributed by atoms with Crippen LogP contribution in [0.15, 0.2) is 24.3 Å². The average Bonchev–Trinajstić information content (AvgIpc) is 2.58. The second-order valence-corrected chi connectivity index (χ2v) is 7.32. The number of likely N-dealkylation sites (tertiary alicyclic amines) is 1. The van der Waals surface area contributed by atoms with E-state index in [2.05, 4.69) is 23.8 Å². The van der Waals surface area contributed by atoms with Crippen molar-refractivity contribution in [2.45, 2.75) is 25.8 Å². The normalized spacial score (nSPS) is 24.3. The molecule has 0 aromatic heterocycles. The van der Waals surface area contributed by atoms with Gasteiger partial charge in [-0.2, -0.15) is 0 Å². The van der Waals surface area contributed by atoms with Crippen molar-refractivity contribution in [2.75, 3.05) is 46.3 Å². The molecule has 2 saturated heterocycles. The topological polar surface area (TPSA) is 26.8 Å². The molecule has 132 valence electrons. The molecule has 0 aliphatic carbocycles. The Kier molecular flexibility index (Phi) is 5.51. The summed E-state index contributed by atoms with van der Waals surface area (Å²) in [7, 11) is 2.18. The molecular formula is C19H28FN3O. The Morgan fingerprint density at radius 2 is 1.88 bits per heavy atom. The van der Waals surface area contributed by atoms with Gasteiger partial charge in [0.05, 0.1) is 5.56 Å².